The summed E-state index contributed by atoms with van der Waals surface area (Å²) >= 11 is 0. The van der Waals surface area contributed by atoms with Gasteiger partial charge in [-0.2, -0.15) is 0 Å². The largest absolute Gasteiger partial charge is 0.378 e. The standard InChI is InChI=1S/C16H18N4O3/c21-20(22)15-4-2-1-3-14(15)17-11-13-5-6-16(18-12-13)19-7-9-23-10-8-19/h1-6,12,17H,7-11H2. The molecule has 0 aliphatic carbocycles. The molecule has 3 rings (SSSR count). The molecular formula is C16H18N4O3. The second kappa shape index (κ2) is 7.06. The van der Waals surface area contributed by atoms with Crippen LogP contribution in [0.5, 0.6) is 0 Å². The van der Waals surface area contributed by atoms with Crippen molar-refractivity contribution in [3.8, 4) is 0 Å². The number of anilines is 2. The summed E-state index contributed by atoms with van der Waals surface area (Å²) < 4.78 is 5.33. The molecule has 1 aliphatic heterocycles. The van der Waals surface area contributed by atoms with Crippen molar-refractivity contribution in [2.45, 2.75) is 6.54 Å². The summed E-state index contributed by atoms with van der Waals surface area (Å²) in [6.07, 6.45) is 1.80. The van der Waals surface area contributed by atoms with Crippen LogP contribution in [-0.2, 0) is 11.3 Å². The Bertz CT molecular complexity index is 669. The van der Waals surface area contributed by atoms with Crippen LogP contribution in [0.3, 0.4) is 0 Å². The van der Waals surface area contributed by atoms with Gasteiger partial charge in [-0.1, -0.05) is 18.2 Å². The van der Waals surface area contributed by atoms with E-state index >= 15 is 0 Å². The zero-order valence-electron chi connectivity index (χ0n) is 12.6. The van der Waals surface area contributed by atoms with Crippen molar-refractivity contribution in [3.63, 3.8) is 0 Å². The minimum atomic E-state index is -0.387. The number of morpholine rings is 1. The number of rotatable bonds is 5. The molecule has 0 atom stereocenters. The Morgan fingerprint density at radius 3 is 2.70 bits per heavy atom. The van der Waals surface area contributed by atoms with Gasteiger partial charge in [-0.05, 0) is 17.7 Å². The first kappa shape index (κ1) is 15.2. The summed E-state index contributed by atoms with van der Waals surface area (Å²) in [5.41, 5.74) is 1.56. The molecule has 120 valence electrons. The van der Waals surface area contributed by atoms with E-state index in [9.17, 15) is 10.1 Å². The zero-order chi connectivity index (χ0) is 16.1. The molecule has 1 aromatic heterocycles. The van der Waals surface area contributed by atoms with Crippen molar-refractivity contribution in [2.24, 2.45) is 0 Å². The van der Waals surface area contributed by atoms with Gasteiger partial charge >= 0.3 is 0 Å². The first-order chi connectivity index (χ1) is 11.2. The maximum atomic E-state index is 11.0. The molecule has 1 aliphatic rings. The number of para-hydroxylation sites is 2. The van der Waals surface area contributed by atoms with Gasteiger partial charge in [-0.15, -0.1) is 0 Å². The second-order valence-corrected chi connectivity index (χ2v) is 5.25. The Kier molecular flexibility index (Phi) is 4.68. The van der Waals surface area contributed by atoms with Crippen molar-refractivity contribution in [3.05, 3.63) is 58.3 Å². The van der Waals surface area contributed by atoms with Crippen molar-refractivity contribution >= 4 is 17.2 Å². The number of nitrogens with one attached hydrogen (secondary N) is 1. The third-order valence-electron chi connectivity index (χ3n) is 3.73. The normalized spacial score (nSPS) is 14.5. The molecular weight excluding hydrogens is 296 g/mol. The van der Waals surface area contributed by atoms with Gasteiger partial charge in [0, 0.05) is 31.9 Å². The topological polar surface area (TPSA) is 80.5 Å². The van der Waals surface area contributed by atoms with Crippen molar-refractivity contribution in [2.75, 3.05) is 36.5 Å². The molecule has 1 N–H and O–H groups in total. The molecule has 0 spiro atoms. The molecule has 0 bridgehead atoms. The summed E-state index contributed by atoms with van der Waals surface area (Å²) in [6, 6.07) is 10.6. The average molecular weight is 314 g/mol. The fourth-order valence-corrected chi connectivity index (χ4v) is 2.48. The summed E-state index contributed by atoms with van der Waals surface area (Å²) in [5.74, 6) is 0.933. The summed E-state index contributed by atoms with van der Waals surface area (Å²) in [5, 5.41) is 14.1. The first-order valence-corrected chi connectivity index (χ1v) is 7.49. The smallest absolute Gasteiger partial charge is 0.292 e. The minimum absolute atomic E-state index is 0.0744. The van der Waals surface area contributed by atoms with E-state index in [1.807, 2.05) is 12.1 Å². The number of hydrogen-bond donors (Lipinski definition) is 1. The predicted octanol–water partition coefficient (Wildman–Crippen LogP) is 2.44. The molecule has 1 aromatic carbocycles. The van der Waals surface area contributed by atoms with Crippen LogP contribution in [-0.4, -0.2) is 36.2 Å². The van der Waals surface area contributed by atoms with Gasteiger partial charge in [0.15, 0.2) is 0 Å². The number of ether oxygens (including phenoxy) is 1. The quantitative estimate of drug-likeness (QED) is 0.674. The molecule has 0 saturated carbocycles. The van der Waals surface area contributed by atoms with E-state index in [0.29, 0.717) is 12.2 Å². The third kappa shape index (κ3) is 3.75. The summed E-state index contributed by atoms with van der Waals surface area (Å²) in [7, 11) is 0. The Balaban J connectivity index is 1.64. The van der Waals surface area contributed by atoms with Gasteiger partial charge < -0.3 is 15.0 Å². The Morgan fingerprint density at radius 1 is 1.22 bits per heavy atom. The van der Waals surface area contributed by atoms with Gasteiger partial charge in [0.05, 0.1) is 18.1 Å². The predicted molar refractivity (Wildman–Crippen MR) is 87.7 cm³/mol. The van der Waals surface area contributed by atoms with E-state index in [4.69, 9.17) is 4.74 Å². The lowest BCUT2D eigenvalue weighted by Crippen LogP contribution is -2.36. The average Bonchev–Trinajstić information content (AvgIpc) is 2.61. The lowest BCUT2D eigenvalue weighted by molar-refractivity contribution is -0.384. The Hall–Kier alpha value is -2.67. The molecule has 0 radical (unpaired) electrons. The number of nitro benzene ring substituents is 1. The number of aromatic nitrogens is 1. The Labute approximate surface area is 134 Å². The fourth-order valence-electron chi connectivity index (χ4n) is 2.48. The first-order valence-electron chi connectivity index (χ1n) is 7.49. The number of pyridine rings is 1. The van der Waals surface area contributed by atoms with Gasteiger partial charge in [0.1, 0.15) is 11.5 Å². The Morgan fingerprint density at radius 2 is 2.00 bits per heavy atom. The maximum Gasteiger partial charge on any atom is 0.292 e. The van der Waals surface area contributed by atoms with Crippen molar-refractivity contribution < 1.29 is 9.66 Å². The number of nitrogens with zero attached hydrogens (tertiary/aromatic N) is 3. The molecule has 0 amide bonds. The molecule has 0 unspecified atom stereocenters. The molecule has 2 aromatic rings. The van der Waals surface area contributed by atoms with Gasteiger partial charge in [-0.25, -0.2) is 4.98 Å². The highest BCUT2D eigenvalue weighted by atomic mass is 16.6. The van der Waals surface area contributed by atoms with Crippen LogP contribution in [0.25, 0.3) is 0 Å². The van der Waals surface area contributed by atoms with Crippen LogP contribution in [0.2, 0.25) is 0 Å². The van der Waals surface area contributed by atoms with Crippen LogP contribution >= 0.6 is 0 Å². The second-order valence-electron chi connectivity index (χ2n) is 5.25. The number of benzene rings is 1. The SMILES string of the molecule is O=[N+]([O-])c1ccccc1NCc1ccc(N2CCOCC2)nc1. The lowest BCUT2D eigenvalue weighted by atomic mass is 10.2. The van der Waals surface area contributed by atoms with E-state index in [2.05, 4.69) is 15.2 Å². The van der Waals surface area contributed by atoms with Gasteiger partial charge in [0.2, 0.25) is 0 Å². The van der Waals surface area contributed by atoms with E-state index in [1.165, 1.54) is 6.07 Å². The number of nitro groups is 1. The number of hydrogen-bond acceptors (Lipinski definition) is 6. The molecule has 7 heteroatoms. The lowest BCUT2D eigenvalue weighted by Gasteiger charge is -2.27. The zero-order valence-corrected chi connectivity index (χ0v) is 12.6. The van der Waals surface area contributed by atoms with Gasteiger partial charge in [-0.3, -0.25) is 10.1 Å². The maximum absolute atomic E-state index is 11.0. The van der Waals surface area contributed by atoms with Crippen molar-refractivity contribution in [1.29, 1.82) is 0 Å². The third-order valence-corrected chi connectivity index (χ3v) is 3.73. The molecule has 7 nitrogen and oxygen atoms in total. The van der Waals surface area contributed by atoms with E-state index in [-0.39, 0.29) is 10.6 Å². The monoisotopic (exact) mass is 314 g/mol. The summed E-state index contributed by atoms with van der Waals surface area (Å²) in [4.78, 5) is 17.3. The van der Waals surface area contributed by atoms with Gasteiger partial charge in [0.25, 0.3) is 5.69 Å². The highest BCUT2D eigenvalue weighted by molar-refractivity contribution is 5.61. The highest BCUT2D eigenvalue weighted by Gasteiger charge is 2.13. The van der Waals surface area contributed by atoms with Crippen molar-refractivity contribution in [1.82, 2.24) is 4.98 Å². The van der Waals surface area contributed by atoms with E-state index in [1.54, 1.807) is 24.4 Å². The summed E-state index contributed by atoms with van der Waals surface area (Å²) in [6.45, 7) is 3.63. The van der Waals surface area contributed by atoms with Crippen LogP contribution in [0.1, 0.15) is 5.56 Å². The van der Waals surface area contributed by atoms with Crippen LogP contribution in [0.4, 0.5) is 17.2 Å². The minimum Gasteiger partial charge on any atom is -0.378 e. The molecule has 23 heavy (non-hydrogen) atoms. The fraction of sp³-hybridized carbons (Fsp3) is 0.312. The van der Waals surface area contributed by atoms with Crippen LogP contribution in [0, 0.1) is 10.1 Å². The molecule has 1 saturated heterocycles. The van der Waals surface area contributed by atoms with Crippen LogP contribution < -0.4 is 10.2 Å². The van der Waals surface area contributed by atoms with Crippen LogP contribution in [0.15, 0.2) is 42.6 Å². The van der Waals surface area contributed by atoms with E-state index < -0.39 is 0 Å². The molecule has 2 heterocycles. The van der Waals surface area contributed by atoms with E-state index in [0.717, 1.165) is 37.7 Å². The highest BCUT2D eigenvalue weighted by Crippen LogP contribution is 2.23. The molecule has 1 fully saturated rings.